The van der Waals surface area contributed by atoms with Crippen molar-refractivity contribution in [1.29, 1.82) is 0 Å². The Morgan fingerprint density at radius 2 is 1.91 bits per heavy atom. The molecule has 1 aliphatic rings. The number of anilines is 1. The molecule has 22 heavy (non-hydrogen) atoms. The van der Waals surface area contributed by atoms with Gasteiger partial charge in [-0.25, -0.2) is 12.7 Å². The standard InChI is InChI=1S/C16H24N2O3S/c1-12(2)14-5-4-6-15(11-14)17-16(19)13-7-9-18(10-8-13)22(3,20)21/h4-6,11-13H,7-10H2,1-3H3,(H,17,19). The average Bonchev–Trinajstić information content (AvgIpc) is 2.46. The van der Waals surface area contributed by atoms with Crippen molar-refractivity contribution in [3.05, 3.63) is 29.8 Å². The van der Waals surface area contributed by atoms with Crippen LogP contribution in [0.3, 0.4) is 0 Å². The summed E-state index contributed by atoms with van der Waals surface area (Å²) in [4.78, 5) is 12.3. The third-order valence-electron chi connectivity index (χ3n) is 4.11. The molecule has 0 atom stereocenters. The smallest absolute Gasteiger partial charge is 0.227 e. The zero-order chi connectivity index (χ0) is 16.3. The van der Waals surface area contributed by atoms with Crippen molar-refractivity contribution in [1.82, 2.24) is 4.31 Å². The Morgan fingerprint density at radius 1 is 1.27 bits per heavy atom. The predicted octanol–water partition coefficient (Wildman–Crippen LogP) is 2.42. The highest BCUT2D eigenvalue weighted by Gasteiger charge is 2.28. The van der Waals surface area contributed by atoms with Crippen LogP contribution in [0.15, 0.2) is 24.3 Å². The molecule has 5 nitrogen and oxygen atoms in total. The number of rotatable bonds is 4. The number of sulfonamides is 1. The molecule has 2 rings (SSSR count). The van der Waals surface area contributed by atoms with Gasteiger partial charge in [0.1, 0.15) is 0 Å². The van der Waals surface area contributed by atoms with Crippen molar-refractivity contribution < 1.29 is 13.2 Å². The summed E-state index contributed by atoms with van der Waals surface area (Å²) >= 11 is 0. The quantitative estimate of drug-likeness (QED) is 0.925. The molecule has 0 unspecified atom stereocenters. The minimum Gasteiger partial charge on any atom is -0.326 e. The number of nitrogens with one attached hydrogen (secondary N) is 1. The average molecular weight is 324 g/mol. The summed E-state index contributed by atoms with van der Waals surface area (Å²) in [5.74, 6) is 0.268. The highest BCUT2D eigenvalue weighted by atomic mass is 32.2. The maximum absolute atomic E-state index is 12.3. The molecule has 0 bridgehead atoms. The third-order valence-corrected chi connectivity index (χ3v) is 5.42. The summed E-state index contributed by atoms with van der Waals surface area (Å²) in [5, 5.41) is 2.95. The summed E-state index contributed by atoms with van der Waals surface area (Å²) in [6.07, 6.45) is 2.36. The van der Waals surface area contributed by atoms with E-state index < -0.39 is 10.0 Å². The van der Waals surface area contributed by atoms with E-state index in [1.165, 1.54) is 16.1 Å². The predicted molar refractivity (Wildman–Crippen MR) is 88.3 cm³/mol. The van der Waals surface area contributed by atoms with Gasteiger partial charge in [-0.05, 0) is 36.5 Å². The first kappa shape index (κ1) is 17.0. The molecule has 6 heteroatoms. The highest BCUT2D eigenvalue weighted by Crippen LogP contribution is 2.23. The zero-order valence-corrected chi connectivity index (χ0v) is 14.2. The van der Waals surface area contributed by atoms with Crippen molar-refractivity contribution >= 4 is 21.6 Å². The van der Waals surface area contributed by atoms with Crippen molar-refractivity contribution in [3.63, 3.8) is 0 Å². The van der Waals surface area contributed by atoms with Crippen LogP contribution >= 0.6 is 0 Å². The van der Waals surface area contributed by atoms with Gasteiger partial charge in [-0.15, -0.1) is 0 Å². The van der Waals surface area contributed by atoms with Gasteiger partial charge in [0.05, 0.1) is 6.26 Å². The van der Waals surface area contributed by atoms with Crippen LogP contribution in [0.25, 0.3) is 0 Å². The van der Waals surface area contributed by atoms with E-state index in [1.54, 1.807) is 0 Å². The van der Waals surface area contributed by atoms with Crippen LogP contribution in [-0.2, 0) is 14.8 Å². The Bertz CT molecular complexity index is 633. The van der Waals surface area contributed by atoms with E-state index in [9.17, 15) is 13.2 Å². The lowest BCUT2D eigenvalue weighted by molar-refractivity contribution is -0.120. The maximum atomic E-state index is 12.3. The number of benzene rings is 1. The van der Waals surface area contributed by atoms with Crippen molar-refractivity contribution in [2.45, 2.75) is 32.6 Å². The number of carbonyl (C=O) groups excluding carboxylic acids is 1. The minimum absolute atomic E-state index is 0.0194. The summed E-state index contributed by atoms with van der Waals surface area (Å²) in [5.41, 5.74) is 1.99. The Kier molecular flexibility index (Phi) is 5.24. The first-order valence-corrected chi connectivity index (χ1v) is 9.48. The molecule has 1 heterocycles. The Balaban J connectivity index is 1.95. The minimum atomic E-state index is -3.15. The van der Waals surface area contributed by atoms with Gasteiger partial charge in [0.15, 0.2) is 0 Å². The number of amides is 1. The molecule has 1 fully saturated rings. The molecule has 0 saturated carbocycles. The van der Waals surface area contributed by atoms with Gasteiger partial charge < -0.3 is 5.32 Å². The molecule has 122 valence electrons. The normalized spacial score (nSPS) is 17.6. The molecule has 0 radical (unpaired) electrons. The Labute approximate surface area is 132 Å². The van der Waals surface area contributed by atoms with Gasteiger partial charge in [-0.1, -0.05) is 26.0 Å². The van der Waals surface area contributed by atoms with Crippen LogP contribution < -0.4 is 5.32 Å². The second-order valence-corrected chi connectivity index (χ2v) is 8.19. The van der Waals surface area contributed by atoms with Gasteiger partial charge in [-0.3, -0.25) is 4.79 Å². The number of piperidine rings is 1. The number of hydrogen-bond acceptors (Lipinski definition) is 3. The Hall–Kier alpha value is -1.40. The lowest BCUT2D eigenvalue weighted by Crippen LogP contribution is -2.40. The van der Waals surface area contributed by atoms with Crippen molar-refractivity contribution in [2.24, 2.45) is 5.92 Å². The highest BCUT2D eigenvalue weighted by molar-refractivity contribution is 7.88. The fourth-order valence-electron chi connectivity index (χ4n) is 2.67. The molecule has 1 aromatic carbocycles. The van der Waals surface area contributed by atoms with Gasteiger partial charge in [0.2, 0.25) is 15.9 Å². The van der Waals surface area contributed by atoms with E-state index in [0.717, 1.165) is 5.69 Å². The van der Waals surface area contributed by atoms with E-state index >= 15 is 0 Å². The second kappa shape index (κ2) is 6.79. The van der Waals surface area contributed by atoms with Gasteiger partial charge in [0.25, 0.3) is 0 Å². The van der Waals surface area contributed by atoms with Crippen LogP contribution in [0.2, 0.25) is 0 Å². The van der Waals surface area contributed by atoms with E-state index in [0.29, 0.717) is 31.8 Å². The topological polar surface area (TPSA) is 66.5 Å². The van der Waals surface area contributed by atoms with Crippen LogP contribution in [0.5, 0.6) is 0 Å². The van der Waals surface area contributed by atoms with E-state index in [-0.39, 0.29) is 11.8 Å². The number of nitrogens with zero attached hydrogens (tertiary/aromatic N) is 1. The first-order chi connectivity index (χ1) is 10.3. The summed E-state index contributed by atoms with van der Waals surface area (Å²) in [7, 11) is -3.15. The van der Waals surface area contributed by atoms with Crippen LogP contribution in [-0.4, -0.2) is 38.0 Å². The van der Waals surface area contributed by atoms with E-state index in [4.69, 9.17) is 0 Å². The molecule has 0 aliphatic carbocycles. The van der Waals surface area contributed by atoms with Gasteiger partial charge in [0, 0.05) is 24.7 Å². The van der Waals surface area contributed by atoms with E-state index in [1.807, 2.05) is 24.3 Å². The summed E-state index contributed by atoms with van der Waals surface area (Å²) in [6, 6.07) is 7.87. The van der Waals surface area contributed by atoms with Gasteiger partial charge >= 0.3 is 0 Å². The largest absolute Gasteiger partial charge is 0.326 e. The lowest BCUT2D eigenvalue weighted by atomic mass is 9.97. The molecule has 1 saturated heterocycles. The molecule has 1 N–H and O–H groups in total. The summed E-state index contributed by atoms with van der Waals surface area (Å²) < 4.78 is 24.4. The zero-order valence-electron chi connectivity index (χ0n) is 13.4. The third kappa shape index (κ3) is 4.30. The second-order valence-electron chi connectivity index (χ2n) is 6.21. The molecule has 0 spiro atoms. The molecular formula is C16H24N2O3S. The SMILES string of the molecule is CC(C)c1cccc(NC(=O)C2CCN(S(C)(=O)=O)CC2)c1. The van der Waals surface area contributed by atoms with E-state index in [2.05, 4.69) is 19.2 Å². The fraction of sp³-hybridized carbons (Fsp3) is 0.562. The van der Waals surface area contributed by atoms with Crippen molar-refractivity contribution in [2.75, 3.05) is 24.7 Å². The number of hydrogen-bond donors (Lipinski definition) is 1. The first-order valence-electron chi connectivity index (χ1n) is 7.63. The monoisotopic (exact) mass is 324 g/mol. The molecule has 1 amide bonds. The van der Waals surface area contributed by atoms with Crippen molar-refractivity contribution in [3.8, 4) is 0 Å². The molecule has 1 aromatic rings. The van der Waals surface area contributed by atoms with Crippen LogP contribution in [0.4, 0.5) is 5.69 Å². The fourth-order valence-corrected chi connectivity index (χ4v) is 3.54. The van der Waals surface area contributed by atoms with Crippen LogP contribution in [0.1, 0.15) is 38.2 Å². The maximum Gasteiger partial charge on any atom is 0.227 e. The van der Waals surface area contributed by atoms with Gasteiger partial charge in [-0.2, -0.15) is 0 Å². The van der Waals surface area contributed by atoms with Crippen LogP contribution in [0, 0.1) is 5.92 Å². The molecular weight excluding hydrogens is 300 g/mol. The number of carbonyl (C=O) groups is 1. The molecule has 1 aliphatic heterocycles. The summed E-state index contributed by atoms with van der Waals surface area (Å²) in [6.45, 7) is 5.07. The molecule has 0 aromatic heterocycles. The Morgan fingerprint density at radius 3 is 2.45 bits per heavy atom. The lowest BCUT2D eigenvalue weighted by Gasteiger charge is -2.29.